The predicted octanol–water partition coefficient (Wildman–Crippen LogP) is 3.08. The molecular formula is C14H18BrN3. The Hall–Kier alpha value is -1.13. The lowest BCUT2D eigenvalue weighted by Gasteiger charge is -2.14. The molecule has 0 saturated carbocycles. The maximum absolute atomic E-state index is 4.17. The Kier molecular flexibility index (Phi) is 4.55. The van der Waals surface area contributed by atoms with E-state index in [0.717, 1.165) is 17.4 Å². The number of hydrogen-bond donors (Lipinski definition) is 1. The SMILES string of the molecule is C[C@H](NCCc1ccnn1C)c1cccc(Br)c1. The quantitative estimate of drug-likeness (QED) is 0.920. The topological polar surface area (TPSA) is 29.9 Å². The molecule has 2 aromatic rings. The largest absolute Gasteiger partial charge is 0.310 e. The van der Waals surface area contributed by atoms with Gasteiger partial charge in [0.1, 0.15) is 0 Å². The second-order valence-electron chi connectivity index (χ2n) is 4.43. The van der Waals surface area contributed by atoms with E-state index in [1.165, 1.54) is 11.3 Å². The highest BCUT2D eigenvalue weighted by Crippen LogP contribution is 2.17. The molecule has 0 aliphatic heterocycles. The first-order valence-corrected chi connectivity index (χ1v) is 6.92. The zero-order valence-corrected chi connectivity index (χ0v) is 12.3. The number of benzene rings is 1. The minimum atomic E-state index is 0.357. The first kappa shape index (κ1) is 13.3. The van der Waals surface area contributed by atoms with Gasteiger partial charge < -0.3 is 5.32 Å². The van der Waals surface area contributed by atoms with Gasteiger partial charge in [0, 0.05) is 42.4 Å². The van der Waals surface area contributed by atoms with Crippen LogP contribution in [0, 0.1) is 0 Å². The lowest BCUT2D eigenvalue weighted by Crippen LogP contribution is -2.22. The first-order chi connectivity index (χ1) is 8.66. The van der Waals surface area contributed by atoms with Crippen molar-refractivity contribution in [3.63, 3.8) is 0 Å². The molecule has 0 unspecified atom stereocenters. The average Bonchev–Trinajstić information content (AvgIpc) is 2.75. The molecule has 2 rings (SSSR count). The minimum absolute atomic E-state index is 0.357. The number of halogens is 1. The van der Waals surface area contributed by atoms with E-state index in [1.807, 2.05) is 24.0 Å². The summed E-state index contributed by atoms with van der Waals surface area (Å²) in [5.41, 5.74) is 2.55. The van der Waals surface area contributed by atoms with Gasteiger partial charge >= 0.3 is 0 Å². The fraction of sp³-hybridized carbons (Fsp3) is 0.357. The van der Waals surface area contributed by atoms with Gasteiger partial charge in [-0.1, -0.05) is 28.1 Å². The van der Waals surface area contributed by atoms with Gasteiger partial charge in [-0.25, -0.2) is 0 Å². The molecule has 4 heteroatoms. The molecule has 0 saturated heterocycles. The van der Waals surface area contributed by atoms with Crippen LogP contribution in [0.25, 0.3) is 0 Å². The summed E-state index contributed by atoms with van der Waals surface area (Å²) in [6.45, 7) is 3.14. The second kappa shape index (κ2) is 6.16. The van der Waals surface area contributed by atoms with Crippen LogP contribution in [0.3, 0.4) is 0 Å². The fourth-order valence-electron chi connectivity index (χ4n) is 1.96. The molecule has 1 aromatic carbocycles. The highest BCUT2D eigenvalue weighted by Gasteiger charge is 2.05. The molecule has 3 nitrogen and oxygen atoms in total. The Morgan fingerprint density at radius 1 is 1.39 bits per heavy atom. The van der Waals surface area contributed by atoms with E-state index in [-0.39, 0.29) is 0 Å². The van der Waals surface area contributed by atoms with Gasteiger partial charge in [0.05, 0.1) is 0 Å². The summed E-state index contributed by atoms with van der Waals surface area (Å²) in [6, 6.07) is 10.8. The Balaban J connectivity index is 1.85. The zero-order chi connectivity index (χ0) is 13.0. The van der Waals surface area contributed by atoms with E-state index in [0.29, 0.717) is 6.04 Å². The molecule has 0 aliphatic rings. The van der Waals surface area contributed by atoms with E-state index in [1.54, 1.807) is 0 Å². The van der Waals surface area contributed by atoms with Crippen molar-refractivity contribution in [2.75, 3.05) is 6.54 Å². The molecule has 0 bridgehead atoms. The number of aryl methyl sites for hydroxylation is 1. The van der Waals surface area contributed by atoms with Crippen molar-refractivity contribution >= 4 is 15.9 Å². The maximum Gasteiger partial charge on any atom is 0.0492 e. The van der Waals surface area contributed by atoms with Crippen molar-refractivity contribution in [2.24, 2.45) is 7.05 Å². The Labute approximate surface area is 116 Å². The summed E-state index contributed by atoms with van der Waals surface area (Å²) < 4.78 is 3.05. The van der Waals surface area contributed by atoms with Gasteiger partial charge in [-0.15, -0.1) is 0 Å². The molecular weight excluding hydrogens is 290 g/mol. The summed E-state index contributed by atoms with van der Waals surface area (Å²) >= 11 is 3.50. The number of aromatic nitrogens is 2. The van der Waals surface area contributed by atoms with Crippen LogP contribution in [0.1, 0.15) is 24.2 Å². The van der Waals surface area contributed by atoms with E-state index in [9.17, 15) is 0 Å². The van der Waals surface area contributed by atoms with Crippen molar-refractivity contribution < 1.29 is 0 Å². The Bertz CT molecular complexity index is 507. The molecule has 96 valence electrons. The van der Waals surface area contributed by atoms with Crippen LogP contribution in [0.5, 0.6) is 0 Å². The molecule has 0 radical (unpaired) electrons. The highest BCUT2D eigenvalue weighted by atomic mass is 79.9. The van der Waals surface area contributed by atoms with Gasteiger partial charge in [0.15, 0.2) is 0 Å². The summed E-state index contributed by atoms with van der Waals surface area (Å²) in [5, 5.41) is 7.70. The van der Waals surface area contributed by atoms with Gasteiger partial charge in [-0.2, -0.15) is 5.10 Å². The molecule has 0 fully saturated rings. The number of nitrogens with zero attached hydrogens (tertiary/aromatic N) is 2. The smallest absolute Gasteiger partial charge is 0.0492 e. The van der Waals surface area contributed by atoms with Crippen molar-refractivity contribution in [3.8, 4) is 0 Å². The number of rotatable bonds is 5. The molecule has 0 amide bonds. The maximum atomic E-state index is 4.17. The third-order valence-electron chi connectivity index (χ3n) is 3.10. The summed E-state index contributed by atoms with van der Waals surface area (Å²) in [5.74, 6) is 0. The van der Waals surface area contributed by atoms with Crippen LogP contribution in [0.15, 0.2) is 41.0 Å². The van der Waals surface area contributed by atoms with Crippen LogP contribution in [0.2, 0.25) is 0 Å². The summed E-state index contributed by atoms with van der Waals surface area (Å²) in [6.07, 6.45) is 2.84. The van der Waals surface area contributed by atoms with Crippen molar-refractivity contribution in [1.29, 1.82) is 0 Å². The summed E-state index contributed by atoms with van der Waals surface area (Å²) in [7, 11) is 1.98. The van der Waals surface area contributed by atoms with Gasteiger partial charge in [0.2, 0.25) is 0 Å². The van der Waals surface area contributed by atoms with Crippen molar-refractivity contribution in [2.45, 2.75) is 19.4 Å². The lowest BCUT2D eigenvalue weighted by molar-refractivity contribution is 0.564. The minimum Gasteiger partial charge on any atom is -0.310 e. The summed E-state index contributed by atoms with van der Waals surface area (Å²) in [4.78, 5) is 0. The van der Waals surface area contributed by atoms with E-state index in [2.05, 4.69) is 57.5 Å². The van der Waals surface area contributed by atoms with Crippen LogP contribution in [0.4, 0.5) is 0 Å². The predicted molar refractivity (Wildman–Crippen MR) is 77.5 cm³/mol. The van der Waals surface area contributed by atoms with E-state index < -0.39 is 0 Å². The van der Waals surface area contributed by atoms with E-state index in [4.69, 9.17) is 0 Å². The fourth-order valence-corrected chi connectivity index (χ4v) is 2.37. The van der Waals surface area contributed by atoms with Crippen molar-refractivity contribution in [1.82, 2.24) is 15.1 Å². The van der Waals surface area contributed by atoms with Gasteiger partial charge in [-0.05, 0) is 30.7 Å². The Morgan fingerprint density at radius 3 is 2.89 bits per heavy atom. The van der Waals surface area contributed by atoms with Crippen LogP contribution in [-0.4, -0.2) is 16.3 Å². The molecule has 0 aliphatic carbocycles. The molecule has 18 heavy (non-hydrogen) atoms. The number of nitrogens with one attached hydrogen (secondary N) is 1. The van der Waals surface area contributed by atoms with Gasteiger partial charge in [-0.3, -0.25) is 4.68 Å². The van der Waals surface area contributed by atoms with Gasteiger partial charge in [0.25, 0.3) is 0 Å². The highest BCUT2D eigenvalue weighted by molar-refractivity contribution is 9.10. The molecule has 1 aromatic heterocycles. The molecule has 0 spiro atoms. The third-order valence-corrected chi connectivity index (χ3v) is 3.60. The van der Waals surface area contributed by atoms with Crippen LogP contribution in [-0.2, 0) is 13.5 Å². The second-order valence-corrected chi connectivity index (χ2v) is 5.34. The zero-order valence-electron chi connectivity index (χ0n) is 10.7. The standard InChI is InChI=1S/C14H18BrN3/c1-11(12-4-3-5-13(15)10-12)16-8-6-14-7-9-17-18(14)2/h3-5,7,9-11,16H,6,8H2,1-2H3/t11-/m0/s1. The van der Waals surface area contributed by atoms with Crippen LogP contribution < -0.4 is 5.32 Å². The van der Waals surface area contributed by atoms with Crippen molar-refractivity contribution in [3.05, 3.63) is 52.3 Å². The third kappa shape index (κ3) is 3.43. The number of hydrogen-bond acceptors (Lipinski definition) is 2. The molecule has 1 N–H and O–H groups in total. The molecule has 1 heterocycles. The van der Waals surface area contributed by atoms with Crippen LogP contribution >= 0.6 is 15.9 Å². The van der Waals surface area contributed by atoms with E-state index >= 15 is 0 Å². The monoisotopic (exact) mass is 307 g/mol. The molecule has 1 atom stereocenters. The first-order valence-electron chi connectivity index (χ1n) is 6.12. The lowest BCUT2D eigenvalue weighted by atomic mass is 10.1. The average molecular weight is 308 g/mol. The normalized spacial score (nSPS) is 12.6. The Morgan fingerprint density at radius 2 is 2.22 bits per heavy atom.